The van der Waals surface area contributed by atoms with Gasteiger partial charge in [-0.25, -0.2) is 4.39 Å². The van der Waals surface area contributed by atoms with Gasteiger partial charge in [-0.15, -0.1) is 10.2 Å². The van der Waals surface area contributed by atoms with Crippen LogP contribution in [0.2, 0.25) is 0 Å². The molecule has 0 bridgehead atoms. The third kappa shape index (κ3) is 3.94. The van der Waals surface area contributed by atoms with Crippen molar-refractivity contribution >= 4 is 23.9 Å². The summed E-state index contributed by atoms with van der Waals surface area (Å²) in [6.07, 6.45) is 3.02. The SMILES string of the molecule is Cc1occc1-c1nnc(SCC(=O)[O-])n1/N=C\c1ccc(F)cc1. The highest BCUT2D eigenvalue weighted by molar-refractivity contribution is 7.99. The number of hydrogen-bond acceptors (Lipinski definition) is 7. The molecule has 2 aromatic heterocycles. The average Bonchev–Trinajstić information content (AvgIpc) is 3.18. The topological polar surface area (TPSA) is 96.3 Å². The number of hydrogen-bond donors (Lipinski definition) is 0. The van der Waals surface area contributed by atoms with E-state index >= 15 is 0 Å². The molecule has 0 N–H and O–H groups in total. The van der Waals surface area contributed by atoms with Gasteiger partial charge in [-0.1, -0.05) is 23.9 Å². The molecule has 0 fully saturated rings. The molecule has 1 aromatic carbocycles. The minimum absolute atomic E-state index is 0.283. The highest BCUT2D eigenvalue weighted by Gasteiger charge is 2.17. The number of halogens is 1. The molecule has 0 atom stereocenters. The van der Waals surface area contributed by atoms with E-state index in [9.17, 15) is 14.3 Å². The molecule has 0 radical (unpaired) electrons. The Bertz CT molecular complexity index is 918. The van der Waals surface area contributed by atoms with Crippen molar-refractivity contribution in [3.05, 3.63) is 53.7 Å². The Balaban J connectivity index is 1.98. The molecule has 2 heterocycles. The van der Waals surface area contributed by atoms with Gasteiger partial charge in [0.2, 0.25) is 5.16 Å². The van der Waals surface area contributed by atoms with Crippen LogP contribution in [0.3, 0.4) is 0 Å². The van der Waals surface area contributed by atoms with E-state index in [0.717, 1.165) is 11.8 Å². The number of aryl methyl sites for hydroxylation is 1. The molecule has 128 valence electrons. The predicted molar refractivity (Wildman–Crippen MR) is 87.6 cm³/mol. The smallest absolute Gasteiger partial charge is 0.212 e. The van der Waals surface area contributed by atoms with Crippen LogP contribution >= 0.6 is 11.8 Å². The maximum Gasteiger partial charge on any atom is 0.212 e. The van der Waals surface area contributed by atoms with Gasteiger partial charge >= 0.3 is 0 Å². The van der Waals surface area contributed by atoms with Gasteiger partial charge in [0.15, 0.2) is 5.82 Å². The molecule has 9 heteroatoms. The van der Waals surface area contributed by atoms with Gasteiger partial charge in [-0.05, 0) is 30.7 Å². The molecule has 0 saturated heterocycles. The second-order valence-electron chi connectivity index (χ2n) is 4.97. The minimum Gasteiger partial charge on any atom is -0.549 e. The molecule has 0 spiro atoms. The summed E-state index contributed by atoms with van der Waals surface area (Å²) in [4.78, 5) is 10.7. The number of carboxylic acid groups (broad SMARTS) is 1. The van der Waals surface area contributed by atoms with Gasteiger partial charge in [-0.3, -0.25) is 0 Å². The molecule has 0 unspecified atom stereocenters. The zero-order chi connectivity index (χ0) is 17.8. The van der Waals surface area contributed by atoms with Crippen molar-refractivity contribution in [3.63, 3.8) is 0 Å². The average molecular weight is 359 g/mol. The number of carboxylic acids is 1. The number of aromatic nitrogens is 3. The number of thioether (sulfide) groups is 1. The van der Waals surface area contributed by atoms with Crippen molar-refractivity contribution in [1.29, 1.82) is 0 Å². The van der Waals surface area contributed by atoms with E-state index in [-0.39, 0.29) is 16.7 Å². The largest absolute Gasteiger partial charge is 0.549 e. The summed E-state index contributed by atoms with van der Waals surface area (Å²) in [6.45, 7) is 1.77. The van der Waals surface area contributed by atoms with Crippen LogP contribution in [-0.4, -0.2) is 32.8 Å². The molecule has 25 heavy (non-hydrogen) atoms. The highest BCUT2D eigenvalue weighted by Crippen LogP contribution is 2.26. The molecular formula is C16H12FN4O3S-. The van der Waals surface area contributed by atoms with Gasteiger partial charge in [0.1, 0.15) is 11.6 Å². The van der Waals surface area contributed by atoms with E-state index in [1.165, 1.54) is 29.3 Å². The number of benzene rings is 1. The van der Waals surface area contributed by atoms with Crippen molar-refractivity contribution in [2.24, 2.45) is 5.10 Å². The van der Waals surface area contributed by atoms with Crippen LogP contribution < -0.4 is 5.11 Å². The Hall–Kier alpha value is -2.94. The van der Waals surface area contributed by atoms with Crippen molar-refractivity contribution in [2.75, 3.05) is 5.75 Å². The number of carbonyl (C=O) groups is 1. The lowest BCUT2D eigenvalue weighted by Crippen LogP contribution is -2.24. The van der Waals surface area contributed by atoms with Gasteiger partial charge in [0, 0.05) is 5.75 Å². The first-order chi connectivity index (χ1) is 12.0. The van der Waals surface area contributed by atoms with E-state index in [2.05, 4.69) is 15.3 Å². The van der Waals surface area contributed by atoms with Crippen LogP contribution in [0.25, 0.3) is 11.4 Å². The van der Waals surface area contributed by atoms with Gasteiger partial charge in [0.05, 0.1) is 24.0 Å². The molecule has 0 aliphatic heterocycles. The lowest BCUT2D eigenvalue weighted by molar-refractivity contribution is -0.301. The molecule has 0 amide bonds. The van der Waals surface area contributed by atoms with Crippen LogP contribution in [0.15, 0.2) is 51.3 Å². The lowest BCUT2D eigenvalue weighted by atomic mass is 10.2. The zero-order valence-corrected chi connectivity index (χ0v) is 13.9. The van der Waals surface area contributed by atoms with Crippen LogP contribution in [0.1, 0.15) is 11.3 Å². The summed E-state index contributed by atoms with van der Waals surface area (Å²) < 4.78 is 19.7. The second kappa shape index (κ2) is 7.31. The fourth-order valence-electron chi connectivity index (χ4n) is 2.04. The van der Waals surface area contributed by atoms with Crippen LogP contribution in [-0.2, 0) is 4.79 Å². The molecule has 7 nitrogen and oxygen atoms in total. The van der Waals surface area contributed by atoms with Crippen molar-refractivity contribution < 1.29 is 18.7 Å². The Morgan fingerprint density at radius 1 is 1.36 bits per heavy atom. The van der Waals surface area contributed by atoms with E-state index in [4.69, 9.17) is 4.42 Å². The summed E-state index contributed by atoms with van der Waals surface area (Å²) in [7, 11) is 0. The van der Waals surface area contributed by atoms with Crippen molar-refractivity contribution in [2.45, 2.75) is 12.1 Å². The summed E-state index contributed by atoms with van der Waals surface area (Å²) in [5.41, 5.74) is 1.35. The Kier molecular flexibility index (Phi) is 4.94. The molecule has 0 aliphatic carbocycles. The van der Waals surface area contributed by atoms with Gasteiger partial charge < -0.3 is 14.3 Å². The number of carbonyl (C=O) groups excluding carboxylic acids is 1. The fourth-order valence-corrected chi connectivity index (χ4v) is 2.64. The van der Waals surface area contributed by atoms with Gasteiger partial charge in [0.25, 0.3) is 0 Å². The Labute approximate surface area is 146 Å². The summed E-state index contributed by atoms with van der Waals surface area (Å²) in [5, 5.41) is 23.4. The maximum atomic E-state index is 13.0. The zero-order valence-electron chi connectivity index (χ0n) is 13.0. The first-order valence-corrected chi connectivity index (χ1v) is 8.15. The second-order valence-corrected chi connectivity index (χ2v) is 5.91. The summed E-state index contributed by atoms with van der Waals surface area (Å²) in [6, 6.07) is 7.50. The summed E-state index contributed by atoms with van der Waals surface area (Å²) in [5.74, 6) is -0.814. The lowest BCUT2D eigenvalue weighted by Gasteiger charge is -2.04. The fraction of sp³-hybridized carbons (Fsp3) is 0.125. The monoisotopic (exact) mass is 359 g/mol. The third-order valence-corrected chi connectivity index (χ3v) is 4.12. The number of aliphatic carboxylic acids is 1. The van der Waals surface area contributed by atoms with Crippen LogP contribution in [0, 0.1) is 12.7 Å². The number of furan rings is 1. The Morgan fingerprint density at radius 3 is 2.76 bits per heavy atom. The predicted octanol–water partition coefficient (Wildman–Crippen LogP) is 1.71. The molecule has 3 aromatic rings. The first kappa shape index (κ1) is 16.9. The molecular weight excluding hydrogens is 347 g/mol. The minimum atomic E-state index is -1.22. The van der Waals surface area contributed by atoms with E-state index in [0.29, 0.717) is 22.7 Å². The normalized spacial score (nSPS) is 11.3. The molecule has 0 saturated carbocycles. The standard InChI is InChI=1S/C16H13FN4O3S/c1-10-13(6-7-24-10)15-19-20-16(25-9-14(22)23)21(15)18-8-11-2-4-12(17)5-3-11/h2-8H,9H2,1H3,(H,22,23)/p-1/b18-8-. The van der Waals surface area contributed by atoms with Crippen molar-refractivity contribution in [1.82, 2.24) is 14.9 Å². The first-order valence-electron chi connectivity index (χ1n) is 7.17. The maximum absolute atomic E-state index is 13.0. The van der Waals surface area contributed by atoms with Gasteiger partial charge in [-0.2, -0.15) is 9.78 Å². The van der Waals surface area contributed by atoms with Crippen LogP contribution in [0.4, 0.5) is 4.39 Å². The van der Waals surface area contributed by atoms with Crippen molar-refractivity contribution in [3.8, 4) is 11.4 Å². The third-order valence-electron chi connectivity index (χ3n) is 3.22. The highest BCUT2D eigenvalue weighted by atomic mass is 32.2. The molecule has 3 rings (SSSR count). The molecule has 0 aliphatic rings. The quantitative estimate of drug-likeness (QED) is 0.491. The van der Waals surface area contributed by atoms with E-state index in [1.807, 2.05) is 0 Å². The van der Waals surface area contributed by atoms with Crippen LogP contribution in [0.5, 0.6) is 0 Å². The van der Waals surface area contributed by atoms with E-state index in [1.54, 1.807) is 25.1 Å². The number of rotatable bonds is 6. The van der Waals surface area contributed by atoms with E-state index < -0.39 is 5.97 Å². The number of nitrogens with zero attached hydrogens (tertiary/aromatic N) is 4. The summed E-state index contributed by atoms with van der Waals surface area (Å²) >= 11 is 0.940. The Morgan fingerprint density at radius 2 is 2.12 bits per heavy atom.